The summed E-state index contributed by atoms with van der Waals surface area (Å²) in [4.78, 5) is 13.4. The zero-order valence-corrected chi connectivity index (χ0v) is 10.8. The minimum atomic E-state index is 0.229. The molecular weight excluding hydrogens is 222 g/mol. The fourth-order valence-corrected chi connectivity index (χ4v) is 1.65. The third-order valence-electron chi connectivity index (χ3n) is 2.83. The van der Waals surface area contributed by atoms with Crippen molar-refractivity contribution >= 4 is 17.4 Å². The first kappa shape index (κ1) is 13.2. The number of ketones is 1. The molecule has 0 aliphatic carbocycles. The van der Waals surface area contributed by atoms with Crippen LogP contribution in [-0.4, -0.2) is 24.3 Å². The van der Waals surface area contributed by atoms with E-state index in [1.807, 2.05) is 38.2 Å². The van der Waals surface area contributed by atoms with Gasteiger partial charge in [0.2, 0.25) is 0 Å². The van der Waals surface area contributed by atoms with Crippen molar-refractivity contribution in [1.82, 2.24) is 4.90 Å². The number of hydrogen-bond acceptors (Lipinski definition) is 2. The van der Waals surface area contributed by atoms with Gasteiger partial charge in [-0.1, -0.05) is 30.7 Å². The number of nitrogens with zero attached hydrogens (tertiary/aromatic N) is 1. The predicted molar refractivity (Wildman–Crippen MR) is 67.8 cm³/mol. The van der Waals surface area contributed by atoms with Gasteiger partial charge in [-0.2, -0.15) is 0 Å². The highest BCUT2D eigenvalue weighted by molar-refractivity contribution is 6.30. The van der Waals surface area contributed by atoms with E-state index in [-0.39, 0.29) is 11.8 Å². The van der Waals surface area contributed by atoms with Gasteiger partial charge in [-0.3, -0.25) is 9.69 Å². The zero-order valence-electron chi connectivity index (χ0n) is 10.0. The molecule has 0 amide bonds. The Kier molecular flexibility index (Phi) is 4.97. The topological polar surface area (TPSA) is 20.3 Å². The van der Waals surface area contributed by atoms with Crippen molar-refractivity contribution in [3.8, 4) is 0 Å². The summed E-state index contributed by atoms with van der Waals surface area (Å²) in [5.74, 6) is 0.267. The molecule has 1 unspecified atom stereocenters. The molecule has 2 nitrogen and oxygen atoms in total. The Bertz CT molecular complexity index is 347. The van der Waals surface area contributed by atoms with Gasteiger partial charge in [-0.05, 0) is 31.7 Å². The summed E-state index contributed by atoms with van der Waals surface area (Å²) in [7, 11) is 1.97. The smallest absolute Gasteiger partial charge is 0.146 e. The maximum absolute atomic E-state index is 11.3. The van der Waals surface area contributed by atoms with Gasteiger partial charge in [0, 0.05) is 17.5 Å². The van der Waals surface area contributed by atoms with Gasteiger partial charge >= 0.3 is 0 Å². The van der Waals surface area contributed by atoms with Gasteiger partial charge in [0.25, 0.3) is 0 Å². The summed E-state index contributed by atoms with van der Waals surface area (Å²) < 4.78 is 0. The van der Waals surface area contributed by atoms with E-state index >= 15 is 0 Å². The van der Waals surface area contributed by atoms with Crippen LogP contribution in [0.3, 0.4) is 0 Å². The monoisotopic (exact) mass is 239 g/mol. The van der Waals surface area contributed by atoms with Gasteiger partial charge in [-0.25, -0.2) is 0 Å². The van der Waals surface area contributed by atoms with E-state index in [4.69, 9.17) is 11.6 Å². The summed E-state index contributed by atoms with van der Waals surface area (Å²) in [6.07, 6.45) is 0.595. The van der Waals surface area contributed by atoms with Crippen molar-refractivity contribution in [2.24, 2.45) is 0 Å². The van der Waals surface area contributed by atoms with Gasteiger partial charge in [0.15, 0.2) is 0 Å². The molecule has 0 radical (unpaired) electrons. The molecule has 0 bridgehead atoms. The van der Waals surface area contributed by atoms with Crippen LogP contribution < -0.4 is 0 Å². The molecule has 0 heterocycles. The second kappa shape index (κ2) is 6.02. The molecule has 0 aromatic heterocycles. The number of carbonyl (C=O) groups is 1. The van der Waals surface area contributed by atoms with Crippen LogP contribution in [0.4, 0.5) is 0 Å². The van der Waals surface area contributed by atoms with E-state index in [0.29, 0.717) is 13.0 Å². The number of halogens is 1. The molecule has 0 saturated carbocycles. The Morgan fingerprint density at radius 1 is 1.38 bits per heavy atom. The van der Waals surface area contributed by atoms with Crippen LogP contribution in [0.15, 0.2) is 24.3 Å². The van der Waals surface area contributed by atoms with E-state index in [1.54, 1.807) is 0 Å². The van der Waals surface area contributed by atoms with Crippen LogP contribution in [-0.2, 0) is 4.79 Å². The lowest BCUT2D eigenvalue weighted by Crippen LogP contribution is -2.28. The lowest BCUT2D eigenvalue weighted by Gasteiger charge is -2.24. The first-order valence-corrected chi connectivity index (χ1v) is 5.89. The van der Waals surface area contributed by atoms with Gasteiger partial charge < -0.3 is 0 Å². The summed E-state index contributed by atoms with van der Waals surface area (Å²) in [6.45, 7) is 4.48. The summed E-state index contributed by atoms with van der Waals surface area (Å²) in [6, 6.07) is 7.98. The Balaban J connectivity index is 2.66. The fourth-order valence-electron chi connectivity index (χ4n) is 1.52. The van der Waals surface area contributed by atoms with Crippen LogP contribution in [0, 0.1) is 0 Å². The Morgan fingerprint density at radius 2 is 1.94 bits per heavy atom. The van der Waals surface area contributed by atoms with E-state index < -0.39 is 0 Å². The first-order valence-electron chi connectivity index (χ1n) is 5.52. The molecule has 0 spiro atoms. The highest BCUT2D eigenvalue weighted by Gasteiger charge is 2.13. The van der Waals surface area contributed by atoms with Crippen LogP contribution in [0.5, 0.6) is 0 Å². The standard InChI is InChI=1S/C13H18ClNO/c1-4-13(16)9-15(3)10(2)11-5-7-12(14)8-6-11/h5-8,10H,4,9H2,1-3H3. The van der Waals surface area contributed by atoms with Crippen molar-refractivity contribution in [3.63, 3.8) is 0 Å². The van der Waals surface area contributed by atoms with E-state index in [2.05, 4.69) is 11.8 Å². The molecular formula is C13H18ClNO. The Morgan fingerprint density at radius 3 is 2.44 bits per heavy atom. The molecule has 0 saturated heterocycles. The highest BCUT2D eigenvalue weighted by Crippen LogP contribution is 2.20. The average Bonchev–Trinajstić information content (AvgIpc) is 2.28. The number of Topliss-reactive ketones (excluding diaryl/α,β-unsaturated/α-hetero) is 1. The molecule has 3 heteroatoms. The molecule has 0 aliphatic heterocycles. The van der Waals surface area contributed by atoms with Gasteiger partial charge in [0.05, 0.1) is 6.54 Å². The van der Waals surface area contributed by atoms with Crippen molar-refractivity contribution in [2.75, 3.05) is 13.6 Å². The van der Waals surface area contributed by atoms with Crippen molar-refractivity contribution in [2.45, 2.75) is 26.3 Å². The lowest BCUT2D eigenvalue weighted by atomic mass is 10.1. The minimum absolute atomic E-state index is 0.229. The van der Waals surface area contributed by atoms with Crippen LogP contribution in [0.2, 0.25) is 5.02 Å². The third kappa shape index (κ3) is 3.62. The second-order valence-corrected chi connectivity index (χ2v) is 4.47. The van der Waals surface area contributed by atoms with Gasteiger partial charge in [0.1, 0.15) is 5.78 Å². The van der Waals surface area contributed by atoms with Crippen molar-refractivity contribution < 1.29 is 4.79 Å². The molecule has 1 atom stereocenters. The molecule has 16 heavy (non-hydrogen) atoms. The first-order chi connectivity index (χ1) is 7.54. The molecule has 88 valence electrons. The van der Waals surface area contributed by atoms with Gasteiger partial charge in [-0.15, -0.1) is 0 Å². The maximum atomic E-state index is 11.3. The quantitative estimate of drug-likeness (QED) is 0.786. The van der Waals surface area contributed by atoms with E-state index in [1.165, 1.54) is 5.56 Å². The molecule has 0 aliphatic rings. The Labute approximate surface area is 102 Å². The minimum Gasteiger partial charge on any atom is -0.298 e. The number of benzene rings is 1. The summed E-state index contributed by atoms with van der Waals surface area (Å²) >= 11 is 5.83. The number of hydrogen-bond donors (Lipinski definition) is 0. The van der Waals surface area contributed by atoms with Crippen LogP contribution in [0.1, 0.15) is 31.9 Å². The van der Waals surface area contributed by atoms with E-state index in [9.17, 15) is 4.79 Å². The van der Waals surface area contributed by atoms with Crippen LogP contribution in [0.25, 0.3) is 0 Å². The lowest BCUT2D eigenvalue weighted by molar-refractivity contribution is -0.120. The molecule has 0 N–H and O–H groups in total. The second-order valence-electron chi connectivity index (χ2n) is 4.03. The predicted octanol–water partition coefficient (Wildman–Crippen LogP) is 3.31. The largest absolute Gasteiger partial charge is 0.298 e. The third-order valence-corrected chi connectivity index (χ3v) is 3.09. The number of likely N-dealkylation sites (N-methyl/N-ethyl adjacent to an activating group) is 1. The SMILES string of the molecule is CCC(=O)CN(C)C(C)c1ccc(Cl)cc1. The zero-order chi connectivity index (χ0) is 12.1. The molecule has 1 aromatic carbocycles. The summed E-state index contributed by atoms with van der Waals surface area (Å²) in [5.41, 5.74) is 1.18. The summed E-state index contributed by atoms with van der Waals surface area (Å²) in [5, 5.41) is 0.739. The van der Waals surface area contributed by atoms with Crippen LogP contribution >= 0.6 is 11.6 Å². The molecule has 1 rings (SSSR count). The van der Waals surface area contributed by atoms with Crippen molar-refractivity contribution in [3.05, 3.63) is 34.9 Å². The average molecular weight is 240 g/mol. The normalized spacial score (nSPS) is 12.8. The number of rotatable bonds is 5. The fraction of sp³-hybridized carbons (Fsp3) is 0.462. The van der Waals surface area contributed by atoms with E-state index in [0.717, 1.165) is 5.02 Å². The highest BCUT2D eigenvalue weighted by atomic mass is 35.5. The van der Waals surface area contributed by atoms with Crippen molar-refractivity contribution in [1.29, 1.82) is 0 Å². The number of carbonyl (C=O) groups excluding carboxylic acids is 1. The Hall–Kier alpha value is -0.860. The molecule has 0 fully saturated rings. The molecule has 1 aromatic rings. The maximum Gasteiger partial charge on any atom is 0.146 e.